The van der Waals surface area contributed by atoms with Gasteiger partial charge in [0.15, 0.2) is 11.5 Å². The molecule has 0 saturated heterocycles. The molecule has 132 valence electrons. The van der Waals surface area contributed by atoms with E-state index in [2.05, 4.69) is 4.98 Å². The van der Waals surface area contributed by atoms with Crippen molar-refractivity contribution in [3.8, 4) is 17.2 Å². The van der Waals surface area contributed by atoms with Gasteiger partial charge in [0.2, 0.25) is 6.79 Å². The molecule has 4 aromatic rings. The zero-order chi connectivity index (χ0) is 18.2. The quantitative estimate of drug-likeness (QED) is 0.562. The second kappa shape index (κ2) is 6.29. The van der Waals surface area contributed by atoms with Crippen LogP contribution in [0.2, 0.25) is 0 Å². The van der Waals surface area contributed by atoms with Gasteiger partial charge in [0.05, 0.1) is 11.0 Å². The van der Waals surface area contributed by atoms with Crippen LogP contribution >= 0.6 is 0 Å². The summed E-state index contributed by atoms with van der Waals surface area (Å²) in [5, 5.41) is 0. The number of aromatic nitrogens is 2. The first-order valence-corrected chi connectivity index (χ1v) is 8.74. The number of benzene rings is 3. The Bertz CT molecular complexity index is 1200. The minimum atomic E-state index is -0.113. The highest BCUT2D eigenvalue weighted by molar-refractivity contribution is 5.76. The number of fused-ring (bicyclic) bond motifs is 2. The van der Waals surface area contributed by atoms with Crippen LogP contribution in [-0.4, -0.2) is 16.3 Å². The number of hydrogen-bond donors (Lipinski definition) is 0. The topological polar surface area (TPSA) is 53.4 Å². The Balaban J connectivity index is 1.67. The van der Waals surface area contributed by atoms with Crippen molar-refractivity contribution in [2.45, 2.75) is 6.42 Å². The van der Waals surface area contributed by atoms with E-state index in [0.29, 0.717) is 17.9 Å². The van der Waals surface area contributed by atoms with E-state index in [4.69, 9.17) is 9.47 Å². The molecule has 0 N–H and O–H groups in total. The van der Waals surface area contributed by atoms with Crippen molar-refractivity contribution in [3.05, 3.63) is 94.4 Å². The van der Waals surface area contributed by atoms with Gasteiger partial charge in [-0.25, -0.2) is 4.98 Å². The van der Waals surface area contributed by atoms with Crippen molar-refractivity contribution >= 4 is 11.0 Å². The van der Waals surface area contributed by atoms with Crippen LogP contribution in [0.4, 0.5) is 0 Å². The maximum absolute atomic E-state index is 13.3. The van der Waals surface area contributed by atoms with E-state index in [0.717, 1.165) is 28.0 Å². The Kier molecular flexibility index (Phi) is 3.64. The molecule has 0 aliphatic carbocycles. The molecule has 5 nitrogen and oxygen atoms in total. The summed E-state index contributed by atoms with van der Waals surface area (Å²) in [6.07, 6.45) is 0.424. The fourth-order valence-electron chi connectivity index (χ4n) is 3.37. The molecule has 0 saturated carbocycles. The average Bonchev–Trinajstić information content (AvgIpc) is 3.17. The molecule has 1 aliphatic rings. The Morgan fingerprint density at radius 2 is 1.67 bits per heavy atom. The Hall–Kier alpha value is -3.60. The summed E-state index contributed by atoms with van der Waals surface area (Å²) in [5.41, 5.74) is 3.75. The van der Waals surface area contributed by atoms with E-state index < -0.39 is 0 Å². The highest BCUT2D eigenvalue weighted by Gasteiger charge is 2.16. The number of rotatable bonds is 3. The molecule has 2 heterocycles. The third-order valence-electron chi connectivity index (χ3n) is 4.65. The molecule has 0 amide bonds. The lowest BCUT2D eigenvalue weighted by Crippen LogP contribution is -2.24. The summed E-state index contributed by atoms with van der Waals surface area (Å²) in [5.74, 6) is 1.43. The molecule has 3 aromatic carbocycles. The van der Waals surface area contributed by atoms with Crippen molar-refractivity contribution in [2.24, 2.45) is 0 Å². The van der Waals surface area contributed by atoms with Crippen LogP contribution in [0.25, 0.3) is 16.7 Å². The third-order valence-corrected chi connectivity index (χ3v) is 4.65. The Labute approximate surface area is 155 Å². The molecule has 1 aromatic heterocycles. The van der Waals surface area contributed by atoms with Crippen LogP contribution in [0.3, 0.4) is 0 Å². The van der Waals surface area contributed by atoms with Gasteiger partial charge in [0, 0.05) is 12.1 Å². The summed E-state index contributed by atoms with van der Waals surface area (Å²) in [6, 6.07) is 23.1. The van der Waals surface area contributed by atoms with Crippen molar-refractivity contribution in [3.63, 3.8) is 0 Å². The first-order chi connectivity index (χ1) is 13.3. The second-order valence-corrected chi connectivity index (χ2v) is 6.39. The molecule has 0 atom stereocenters. The number of hydrogen-bond acceptors (Lipinski definition) is 4. The third kappa shape index (κ3) is 2.73. The van der Waals surface area contributed by atoms with Crippen LogP contribution in [0.15, 0.2) is 77.6 Å². The first kappa shape index (κ1) is 15.6. The van der Waals surface area contributed by atoms with Crippen LogP contribution in [0, 0.1) is 0 Å². The van der Waals surface area contributed by atoms with E-state index in [9.17, 15) is 4.79 Å². The lowest BCUT2D eigenvalue weighted by Gasteiger charge is -2.12. The molecule has 0 spiro atoms. The summed E-state index contributed by atoms with van der Waals surface area (Å²) >= 11 is 0. The second-order valence-electron chi connectivity index (χ2n) is 6.39. The number of para-hydroxylation sites is 3. The summed E-state index contributed by atoms with van der Waals surface area (Å²) in [6.45, 7) is 0.230. The van der Waals surface area contributed by atoms with Crippen molar-refractivity contribution in [1.82, 2.24) is 9.55 Å². The zero-order valence-corrected chi connectivity index (χ0v) is 14.5. The monoisotopic (exact) mass is 356 g/mol. The molecule has 5 heteroatoms. The lowest BCUT2D eigenvalue weighted by molar-refractivity contribution is 0.174. The predicted octanol–water partition coefficient (Wildman–Crippen LogP) is 3.71. The van der Waals surface area contributed by atoms with E-state index in [1.54, 1.807) is 4.57 Å². The summed E-state index contributed by atoms with van der Waals surface area (Å²) < 4.78 is 12.5. The Morgan fingerprint density at radius 3 is 2.56 bits per heavy atom. The van der Waals surface area contributed by atoms with Gasteiger partial charge in [-0.15, -0.1) is 0 Å². The molecule has 1 aliphatic heterocycles. The maximum Gasteiger partial charge on any atom is 0.277 e. The number of ether oxygens (including phenoxy) is 2. The Morgan fingerprint density at radius 1 is 0.889 bits per heavy atom. The van der Waals surface area contributed by atoms with Gasteiger partial charge in [-0.1, -0.05) is 36.4 Å². The van der Waals surface area contributed by atoms with Gasteiger partial charge in [-0.2, -0.15) is 0 Å². The molecule has 0 unspecified atom stereocenters. The number of nitrogens with zero attached hydrogens (tertiary/aromatic N) is 2. The van der Waals surface area contributed by atoms with E-state index in [1.807, 2.05) is 72.8 Å². The maximum atomic E-state index is 13.3. The first-order valence-electron chi connectivity index (χ1n) is 8.74. The van der Waals surface area contributed by atoms with E-state index >= 15 is 0 Å². The fraction of sp³-hybridized carbons (Fsp3) is 0.0909. The average molecular weight is 356 g/mol. The molecule has 0 bridgehead atoms. The molecular weight excluding hydrogens is 340 g/mol. The standard InChI is InChI=1S/C22H16N2O3/c25-22-18(12-15-10-11-20-21(13-15)27-14-26-20)23-17-8-4-5-9-19(17)24(22)16-6-2-1-3-7-16/h1-11,13H,12,14H2. The minimum absolute atomic E-state index is 0.113. The van der Waals surface area contributed by atoms with Gasteiger partial charge in [-0.05, 0) is 42.0 Å². The highest BCUT2D eigenvalue weighted by atomic mass is 16.7. The van der Waals surface area contributed by atoms with Crippen molar-refractivity contribution in [2.75, 3.05) is 6.79 Å². The van der Waals surface area contributed by atoms with Crippen LogP contribution in [-0.2, 0) is 6.42 Å². The van der Waals surface area contributed by atoms with Crippen molar-refractivity contribution in [1.29, 1.82) is 0 Å². The fourth-order valence-corrected chi connectivity index (χ4v) is 3.37. The van der Waals surface area contributed by atoms with Gasteiger partial charge < -0.3 is 9.47 Å². The lowest BCUT2D eigenvalue weighted by atomic mass is 10.1. The van der Waals surface area contributed by atoms with Crippen molar-refractivity contribution < 1.29 is 9.47 Å². The van der Waals surface area contributed by atoms with Crippen LogP contribution < -0.4 is 15.0 Å². The molecule has 0 radical (unpaired) electrons. The van der Waals surface area contributed by atoms with Crippen LogP contribution in [0.1, 0.15) is 11.3 Å². The van der Waals surface area contributed by atoms with Gasteiger partial charge in [0.25, 0.3) is 5.56 Å². The SMILES string of the molecule is O=c1c(Cc2ccc3c(c2)OCO3)nc2ccccc2n1-c1ccccc1. The van der Waals surface area contributed by atoms with E-state index in [1.165, 1.54) is 0 Å². The smallest absolute Gasteiger partial charge is 0.277 e. The summed E-state index contributed by atoms with van der Waals surface area (Å²) in [4.78, 5) is 17.9. The molecule has 5 rings (SSSR count). The molecule has 27 heavy (non-hydrogen) atoms. The van der Waals surface area contributed by atoms with Gasteiger partial charge in [-0.3, -0.25) is 9.36 Å². The van der Waals surface area contributed by atoms with Crippen LogP contribution in [0.5, 0.6) is 11.5 Å². The van der Waals surface area contributed by atoms with Gasteiger partial charge >= 0.3 is 0 Å². The minimum Gasteiger partial charge on any atom is -0.454 e. The normalized spacial score (nSPS) is 12.4. The predicted molar refractivity (Wildman–Crippen MR) is 103 cm³/mol. The van der Waals surface area contributed by atoms with E-state index in [-0.39, 0.29) is 12.4 Å². The highest BCUT2D eigenvalue weighted by Crippen LogP contribution is 2.33. The van der Waals surface area contributed by atoms with Gasteiger partial charge in [0.1, 0.15) is 5.69 Å². The largest absolute Gasteiger partial charge is 0.454 e. The zero-order valence-electron chi connectivity index (χ0n) is 14.5. The molecular formula is C22H16N2O3. The molecule has 0 fully saturated rings. The summed E-state index contributed by atoms with van der Waals surface area (Å²) in [7, 11) is 0.